The van der Waals surface area contributed by atoms with Gasteiger partial charge in [0, 0.05) is 24.1 Å². The normalized spacial score (nSPS) is 19.3. The summed E-state index contributed by atoms with van der Waals surface area (Å²) < 4.78 is 26.3. The van der Waals surface area contributed by atoms with Crippen LogP contribution in [0.3, 0.4) is 0 Å². The Labute approximate surface area is 112 Å². The van der Waals surface area contributed by atoms with Gasteiger partial charge >= 0.3 is 5.97 Å². The number of carbonyl (C=O) groups is 2. The van der Waals surface area contributed by atoms with Crippen LogP contribution in [0.25, 0.3) is 0 Å². The lowest BCUT2D eigenvalue weighted by Crippen LogP contribution is -2.50. The number of amides is 1. The third kappa shape index (κ3) is 2.86. The van der Waals surface area contributed by atoms with Crippen molar-refractivity contribution < 1.29 is 23.5 Å². The number of rotatable bonds is 2. The van der Waals surface area contributed by atoms with E-state index in [-0.39, 0.29) is 17.9 Å². The maximum Gasteiger partial charge on any atom is 0.327 e. The van der Waals surface area contributed by atoms with Crippen LogP contribution in [0, 0.1) is 11.6 Å². The highest BCUT2D eigenvalue weighted by Crippen LogP contribution is 2.21. The molecule has 7 heteroatoms. The first kappa shape index (κ1) is 13.8. The molecular formula is C12H11F2NO3S. The number of carboxylic acids is 1. The van der Waals surface area contributed by atoms with Crippen molar-refractivity contribution in [3.05, 3.63) is 35.4 Å². The van der Waals surface area contributed by atoms with Gasteiger partial charge < -0.3 is 10.0 Å². The zero-order valence-corrected chi connectivity index (χ0v) is 10.6. The number of thioether (sulfide) groups is 1. The van der Waals surface area contributed by atoms with Crippen molar-refractivity contribution in [2.24, 2.45) is 0 Å². The van der Waals surface area contributed by atoms with E-state index in [1.54, 1.807) is 0 Å². The minimum atomic E-state index is -1.12. The summed E-state index contributed by atoms with van der Waals surface area (Å²) in [5.41, 5.74) is -0.306. The van der Waals surface area contributed by atoms with Gasteiger partial charge in [-0.1, -0.05) is 0 Å². The predicted molar refractivity (Wildman–Crippen MR) is 66.1 cm³/mol. The van der Waals surface area contributed by atoms with Crippen LogP contribution in [-0.2, 0) is 4.79 Å². The molecule has 1 saturated heterocycles. The summed E-state index contributed by atoms with van der Waals surface area (Å²) in [6.45, 7) is 0.233. The molecule has 0 aliphatic carbocycles. The third-order valence-electron chi connectivity index (χ3n) is 2.84. The lowest BCUT2D eigenvalue weighted by molar-refractivity contribution is -0.141. The SMILES string of the molecule is O=C(O)C1CSCCN1C(=O)c1ccc(F)cc1F. The average molecular weight is 287 g/mol. The van der Waals surface area contributed by atoms with Gasteiger partial charge in [-0.05, 0) is 12.1 Å². The number of carboxylic acid groups (broad SMARTS) is 1. The van der Waals surface area contributed by atoms with Crippen molar-refractivity contribution in [1.29, 1.82) is 0 Å². The summed E-state index contributed by atoms with van der Waals surface area (Å²) in [6.07, 6.45) is 0. The summed E-state index contributed by atoms with van der Waals surface area (Å²) in [5.74, 6) is -2.74. The predicted octanol–water partition coefficient (Wildman–Crippen LogP) is 1.61. The maximum absolute atomic E-state index is 13.5. The topological polar surface area (TPSA) is 57.6 Å². The van der Waals surface area contributed by atoms with Crippen LogP contribution in [0.4, 0.5) is 8.78 Å². The van der Waals surface area contributed by atoms with E-state index < -0.39 is 29.6 Å². The van der Waals surface area contributed by atoms with Crippen LogP contribution in [0.15, 0.2) is 18.2 Å². The van der Waals surface area contributed by atoms with Gasteiger partial charge in [0.05, 0.1) is 5.56 Å². The molecule has 1 fully saturated rings. The van der Waals surface area contributed by atoms with Crippen LogP contribution in [0.5, 0.6) is 0 Å². The number of halogens is 2. The van der Waals surface area contributed by atoms with Crippen LogP contribution in [0.2, 0.25) is 0 Å². The van der Waals surface area contributed by atoms with E-state index in [4.69, 9.17) is 5.11 Å². The summed E-state index contributed by atoms with van der Waals surface area (Å²) >= 11 is 1.43. The van der Waals surface area contributed by atoms with Crippen molar-refractivity contribution in [1.82, 2.24) is 4.90 Å². The number of nitrogens with zero attached hydrogens (tertiary/aromatic N) is 1. The van der Waals surface area contributed by atoms with Crippen molar-refractivity contribution in [3.63, 3.8) is 0 Å². The number of hydrogen-bond acceptors (Lipinski definition) is 3. The number of benzene rings is 1. The van der Waals surface area contributed by atoms with Gasteiger partial charge in [0.2, 0.25) is 0 Å². The first-order chi connectivity index (χ1) is 9.00. The second kappa shape index (κ2) is 5.56. The summed E-state index contributed by atoms with van der Waals surface area (Å²) in [7, 11) is 0. The number of carbonyl (C=O) groups excluding carboxylic acids is 1. The standard InChI is InChI=1S/C12H11F2NO3S/c13-7-1-2-8(9(14)5-7)11(16)15-3-4-19-6-10(15)12(17)18/h1-2,5,10H,3-4,6H2,(H,17,18). The fraction of sp³-hybridized carbons (Fsp3) is 0.333. The van der Waals surface area contributed by atoms with Crippen molar-refractivity contribution >= 4 is 23.6 Å². The first-order valence-corrected chi connectivity index (χ1v) is 6.72. The molecule has 0 radical (unpaired) electrons. The molecule has 1 heterocycles. The Balaban J connectivity index is 2.28. The van der Waals surface area contributed by atoms with Crippen molar-refractivity contribution in [3.8, 4) is 0 Å². The fourth-order valence-electron chi connectivity index (χ4n) is 1.87. The number of hydrogen-bond donors (Lipinski definition) is 1. The quantitative estimate of drug-likeness (QED) is 0.898. The Kier molecular flexibility index (Phi) is 4.04. The van der Waals surface area contributed by atoms with Crippen LogP contribution in [0.1, 0.15) is 10.4 Å². The first-order valence-electron chi connectivity index (χ1n) is 5.57. The molecule has 1 amide bonds. The summed E-state index contributed by atoms with van der Waals surface area (Å²) in [4.78, 5) is 24.3. The molecule has 0 aromatic heterocycles. The molecule has 0 bridgehead atoms. The molecule has 1 atom stereocenters. The highest BCUT2D eigenvalue weighted by molar-refractivity contribution is 7.99. The van der Waals surface area contributed by atoms with Gasteiger partial charge in [0.1, 0.15) is 17.7 Å². The summed E-state index contributed by atoms with van der Waals surface area (Å²) in [5, 5.41) is 9.06. The van der Waals surface area contributed by atoms with E-state index in [9.17, 15) is 18.4 Å². The Morgan fingerprint density at radius 3 is 2.74 bits per heavy atom. The van der Waals surface area contributed by atoms with Crippen LogP contribution < -0.4 is 0 Å². The van der Waals surface area contributed by atoms with E-state index in [1.807, 2.05) is 0 Å². The van der Waals surface area contributed by atoms with E-state index in [0.717, 1.165) is 17.0 Å². The smallest absolute Gasteiger partial charge is 0.327 e. The van der Waals surface area contributed by atoms with Gasteiger partial charge in [0.25, 0.3) is 5.91 Å². The molecular weight excluding hydrogens is 276 g/mol. The molecule has 1 N–H and O–H groups in total. The van der Waals surface area contributed by atoms with Crippen LogP contribution in [-0.4, -0.2) is 46.0 Å². The monoisotopic (exact) mass is 287 g/mol. The van der Waals surface area contributed by atoms with E-state index in [2.05, 4.69) is 0 Å². The molecule has 1 aromatic carbocycles. The Morgan fingerprint density at radius 1 is 1.37 bits per heavy atom. The highest BCUT2D eigenvalue weighted by Gasteiger charge is 2.33. The molecule has 1 aliphatic heterocycles. The van der Waals surface area contributed by atoms with Gasteiger partial charge in [-0.15, -0.1) is 0 Å². The van der Waals surface area contributed by atoms with Gasteiger partial charge in [-0.2, -0.15) is 11.8 Å². The van der Waals surface area contributed by atoms with Gasteiger partial charge in [-0.25, -0.2) is 13.6 Å². The molecule has 1 unspecified atom stereocenters. The fourth-order valence-corrected chi connectivity index (χ4v) is 2.91. The second-order valence-corrected chi connectivity index (χ2v) is 5.20. The molecule has 1 aromatic rings. The largest absolute Gasteiger partial charge is 0.480 e. The van der Waals surface area contributed by atoms with Crippen molar-refractivity contribution in [2.45, 2.75) is 6.04 Å². The summed E-state index contributed by atoms with van der Waals surface area (Å²) in [6, 6.07) is 1.65. The zero-order chi connectivity index (χ0) is 14.0. The van der Waals surface area contributed by atoms with E-state index in [1.165, 1.54) is 11.8 Å². The lowest BCUT2D eigenvalue weighted by atomic mass is 10.1. The Morgan fingerprint density at radius 2 is 2.11 bits per heavy atom. The third-order valence-corrected chi connectivity index (χ3v) is 3.86. The second-order valence-electron chi connectivity index (χ2n) is 4.05. The number of aliphatic carboxylic acids is 1. The maximum atomic E-state index is 13.5. The Bertz CT molecular complexity index is 524. The van der Waals surface area contributed by atoms with Gasteiger partial charge in [0.15, 0.2) is 0 Å². The molecule has 4 nitrogen and oxygen atoms in total. The molecule has 0 saturated carbocycles. The van der Waals surface area contributed by atoms with Crippen LogP contribution >= 0.6 is 11.8 Å². The molecule has 2 rings (SSSR count). The molecule has 102 valence electrons. The molecule has 19 heavy (non-hydrogen) atoms. The minimum Gasteiger partial charge on any atom is -0.480 e. The molecule has 0 spiro atoms. The van der Waals surface area contributed by atoms with Gasteiger partial charge in [-0.3, -0.25) is 4.79 Å². The molecule has 1 aliphatic rings. The lowest BCUT2D eigenvalue weighted by Gasteiger charge is -2.32. The minimum absolute atomic E-state index is 0.233. The van der Waals surface area contributed by atoms with E-state index >= 15 is 0 Å². The zero-order valence-electron chi connectivity index (χ0n) is 9.81. The van der Waals surface area contributed by atoms with E-state index in [0.29, 0.717) is 11.8 Å². The highest BCUT2D eigenvalue weighted by atomic mass is 32.2. The Hall–Kier alpha value is -1.63. The van der Waals surface area contributed by atoms with Crippen molar-refractivity contribution in [2.75, 3.05) is 18.1 Å². The average Bonchev–Trinajstić information content (AvgIpc) is 2.38.